The fourth-order valence-electron chi connectivity index (χ4n) is 5.15. The second-order valence-corrected chi connectivity index (χ2v) is 7.93. The fourth-order valence-corrected chi connectivity index (χ4v) is 5.15. The summed E-state index contributed by atoms with van der Waals surface area (Å²) < 4.78 is 6.32. The van der Waals surface area contributed by atoms with E-state index in [-0.39, 0.29) is 24.0 Å². The Balaban J connectivity index is 0.00000168. The third-order valence-corrected chi connectivity index (χ3v) is 6.80. The summed E-state index contributed by atoms with van der Waals surface area (Å²) >= 11 is 0. The zero-order valence-corrected chi connectivity index (χ0v) is 16.1. The van der Waals surface area contributed by atoms with Crippen LogP contribution in [-0.4, -0.2) is 60.0 Å². The molecule has 0 saturated carbocycles. The number of amides is 2. The average molecular weight is 375 g/mol. The lowest BCUT2D eigenvalue weighted by molar-refractivity contribution is -0.0185. The van der Waals surface area contributed by atoms with E-state index in [0.717, 1.165) is 56.7 Å². The Morgan fingerprint density at radius 1 is 1.12 bits per heavy atom. The molecular weight excluding hydrogens is 350 g/mol. The van der Waals surface area contributed by atoms with Crippen LogP contribution in [0.25, 0.3) is 11.0 Å². The normalized spacial score (nSPS) is 28.8. The molecule has 140 valence electrons. The molecule has 0 bridgehead atoms. The Hall–Kier alpha value is -1.72. The van der Waals surface area contributed by atoms with E-state index in [1.807, 2.05) is 30.0 Å². The number of urea groups is 1. The molecule has 6 heteroatoms. The van der Waals surface area contributed by atoms with E-state index in [2.05, 4.69) is 23.1 Å². The summed E-state index contributed by atoms with van der Waals surface area (Å²) in [4.78, 5) is 19.0. The van der Waals surface area contributed by atoms with Crippen LogP contribution in [0.15, 0.2) is 28.7 Å². The predicted octanol–water partition coefficient (Wildman–Crippen LogP) is 0.256. The number of carbonyl (C=O) groups is 1. The zero-order valence-electron chi connectivity index (χ0n) is 15.4. The lowest BCUT2D eigenvalue weighted by Gasteiger charge is -2.54. The predicted molar refractivity (Wildman–Crippen MR) is 96.6 cm³/mol. The molecule has 2 amide bonds. The van der Waals surface area contributed by atoms with Crippen molar-refractivity contribution in [3.63, 3.8) is 0 Å². The van der Waals surface area contributed by atoms with Gasteiger partial charge in [0, 0.05) is 50.2 Å². The zero-order chi connectivity index (χ0) is 17.2. The van der Waals surface area contributed by atoms with Crippen LogP contribution in [0, 0.1) is 0 Å². The van der Waals surface area contributed by atoms with Crippen molar-refractivity contribution in [1.29, 1.82) is 0 Å². The van der Waals surface area contributed by atoms with Crippen molar-refractivity contribution in [3.05, 3.63) is 35.6 Å². The van der Waals surface area contributed by atoms with Gasteiger partial charge in [-0.05, 0) is 31.7 Å². The Morgan fingerprint density at radius 3 is 2.73 bits per heavy atom. The van der Waals surface area contributed by atoms with Gasteiger partial charge in [-0.25, -0.2) is 4.79 Å². The molecule has 3 aliphatic rings. The van der Waals surface area contributed by atoms with E-state index in [4.69, 9.17) is 4.42 Å². The third-order valence-electron chi connectivity index (χ3n) is 6.80. The molecule has 0 radical (unpaired) electrons. The van der Waals surface area contributed by atoms with E-state index in [9.17, 15) is 4.79 Å². The quantitative estimate of drug-likeness (QED) is 0.664. The van der Waals surface area contributed by atoms with Crippen molar-refractivity contribution in [3.8, 4) is 0 Å². The van der Waals surface area contributed by atoms with E-state index in [1.165, 1.54) is 10.9 Å². The number of hydrogen-bond acceptors (Lipinski definition) is 3. The first kappa shape index (κ1) is 17.7. The second kappa shape index (κ2) is 6.17. The largest absolute Gasteiger partial charge is 1.00 e. The fraction of sp³-hybridized carbons (Fsp3) is 0.550. The Bertz CT molecular complexity index is 851. The third kappa shape index (κ3) is 2.37. The Labute approximate surface area is 160 Å². The van der Waals surface area contributed by atoms with Gasteiger partial charge >= 0.3 is 6.03 Å². The molecule has 1 spiro atoms. The summed E-state index contributed by atoms with van der Waals surface area (Å²) in [6.45, 7) is 2.99. The van der Waals surface area contributed by atoms with Crippen molar-refractivity contribution in [2.24, 2.45) is 0 Å². The van der Waals surface area contributed by atoms with Crippen molar-refractivity contribution < 1.29 is 21.6 Å². The minimum absolute atomic E-state index is 0. The number of furan rings is 1. The summed E-state index contributed by atoms with van der Waals surface area (Å²) in [6, 6.07) is 8.83. The maximum atomic E-state index is 12.6. The highest BCUT2D eigenvalue weighted by molar-refractivity contribution is 5.82. The smallest absolute Gasteiger partial charge is 0.319 e. The SMILES string of the molecule is CN1CC[C@]2(CCN3CCc4c(oc5ccccc45)C3C2)N(C)C1=O.[Cl-]. The van der Waals surface area contributed by atoms with Crippen molar-refractivity contribution in [2.75, 3.05) is 33.7 Å². The molecule has 2 fully saturated rings. The first-order valence-electron chi connectivity index (χ1n) is 9.32. The number of para-hydroxylation sites is 1. The molecule has 0 N–H and O–H groups in total. The lowest BCUT2D eigenvalue weighted by atomic mass is 9.76. The van der Waals surface area contributed by atoms with Gasteiger partial charge in [0.15, 0.2) is 0 Å². The average Bonchev–Trinajstić information content (AvgIpc) is 3.03. The van der Waals surface area contributed by atoms with Crippen molar-refractivity contribution >= 4 is 17.0 Å². The number of halogens is 1. The Kier molecular flexibility index (Phi) is 4.20. The minimum atomic E-state index is -0.0294. The number of hydrogen-bond donors (Lipinski definition) is 0. The maximum absolute atomic E-state index is 12.6. The molecular formula is C20H25ClN3O2-. The van der Waals surface area contributed by atoms with Crippen LogP contribution in [0.2, 0.25) is 0 Å². The number of nitrogens with zero attached hydrogens (tertiary/aromatic N) is 3. The first-order chi connectivity index (χ1) is 12.1. The highest BCUT2D eigenvalue weighted by Gasteiger charge is 2.49. The molecule has 5 rings (SSSR count). The molecule has 3 aliphatic heterocycles. The van der Waals surface area contributed by atoms with Gasteiger partial charge in [0.2, 0.25) is 0 Å². The number of benzene rings is 1. The second-order valence-electron chi connectivity index (χ2n) is 7.93. The van der Waals surface area contributed by atoms with Crippen LogP contribution in [0.5, 0.6) is 0 Å². The van der Waals surface area contributed by atoms with Gasteiger partial charge in [-0.1, -0.05) is 18.2 Å². The summed E-state index contributed by atoms with van der Waals surface area (Å²) in [6.07, 6.45) is 4.16. The summed E-state index contributed by atoms with van der Waals surface area (Å²) in [5, 5.41) is 1.27. The standard InChI is InChI=1S/C20H25N3O2.ClH/c1-21-11-8-20(22(2)19(21)24)9-12-23-10-7-15-14-5-3-4-6-17(14)25-18(15)16(23)13-20;/h3-6,16H,7-13H2,1-2H3;1H/p-1/t16?,20-;/m1./s1. The summed E-state index contributed by atoms with van der Waals surface area (Å²) in [5.41, 5.74) is 2.36. The molecule has 1 unspecified atom stereocenters. The number of piperidine rings is 1. The van der Waals surface area contributed by atoms with Gasteiger partial charge < -0.3 is 26.6 Å². The molecule has 2 atom stereocenters. The minimum Gasteiger partial charge on any atom is -1.00 e. The van der Waals surface area contributed by atoms with Crippen molar-refractivity contribution in [1.82, 2.24) is 14.7 Å². The van der Waals surface area contributed by atoms with Crippen LogP contribution in [0.4, 0.5) is 4.79 Å². The van der Waals surface area contributed by atoms with E-state index in [0.29, 0.717) is 6.04 Å². The first-order valence-corrected chi connectivity index (χ1v) is 9.32. The molecule has 0 aliphatic carbocycles. The molecule has 1 aromatic heterocycles. The van der Waals surface area contributed by atoms with Crippen LogP contribution in [-0.2, 0) is 6.42 Å². The summed E-state index contributed by atoms with van der Waals surface area (Å²) in [5.74, 6) is 1.14. The monoisotopic (exact) mass is 374 g/mol. The van der Waals surface area contributed by atoms with Crippen LogP contribution < -0.4 is 12.4 Å². The molecule has 4 heterocycles. The summed E-state index contributed by atoms with van der Waals surface area (Å²) in [7, 11) is 3.88. The lowest BCUT2D eigenvalue weighted by Crippen LogP contribution is -3.00. The van der Waals surface area contributed by atoms with Gasteiger partial charge in [0.05, 0.1) is 6.04 Å². The van der Waals surface area contributed by atoms with Crippen molar-refractivity contribution in [2.45, 2.75) is 37.3 Å². The van der Waals surface area contributed by atoms with Gasteiger partial charge in [0.1, 0.15) is 11.3 Å². The van der Waals surface area contributed by atoms with E-state index in [1.54, 1.807) is 0 Å². The molecule has 5 nitrogen and oxygen atoms in total. The molecule has 26 heavy (non-hydrogen) atoms. The molecule has 2 saturated heterocycles. The van der Waals surface area contributed by atoms with Crippen LogP contribution >= 0.6 is 0 Å². The maximum Gasteiger partial charge on any atom is 0.319 e. The topological polar surface area (TPSA) is 39.9 Å². The highest BCUT2D eigenvalue weighted by Crippen LogP contribution is 2.47. The number of carbonyl (C=O) groups excluding carboxylic acids is 1. The molecule has 2 aromatic rings. The van der Waals surface area contributed by atoms with Gasteiger partial charge in [-0.15, -0.1) is 0 Å². The molecule has 1 aromatic carbocycles. The van der Waals surface area contributed by atoms with Crippen LogP contribution in [0.3, 0.4) is 0 Å². The van der Waals surface area contributed by atoms with Gasteiger partial charge in [-0.3, -0.25) is 4.90 Å². The number of rotatable bonds is 0. The van der Waals surface area contributed by atoms with Gasteiger partial charge in [0.25, 0.3) is 0 Å². The number of fused-ring (bicyclic) bond motifs is 5. The van der Waals surface area contributed by atoms with E-state index >= 15 is 0 Å². The highest BCUT2D eigenvalue weighted by atomic mass is 35.5. The van der Waals surface area contributed by atoms with E-state index < -0.39 is 0 Å². The van der Waals surface area contributed by atoms with Gasteiger partial charge in [-0.2, -0.15) is 0 Å². The Morgan fingerprint density at radius 2 is 1.88 bits per heavy atom. The van der Waals surface area contributed by atoms with Crippen LogP contribution in [0.1, 0.15) is 36.6 Å².